The normalized spacial score (nSPS) is 19.2. The molecule has 140 valence electrons. The lowest BCUT2D eigenvalue weighted by molar-refractivity contribution is 0.297. The van der Waals surface area contributed by atoms with E-state index in [4.69, 9.17) is 15.2 Å². The Morgan fingerprint density at radius 1 is 1.24 bits per heavy atom. The van der Waals surface area contributed by atoms with Crippen LogP contribution in [0.2, 0.25) is 0 Å². The highest BCUT2D eigenvalue weighted by molar-refractivity contribution is 14.0. The van der Waals surface area contributed by atoms with Crippen LogP contribution in [0.1, 0.15) is 25.7 Å². The summed E-state index contributed by atoms with van der Waals surface area (Å²) in [6.45, 7) is 1.43. The van der Waals surface area contributed by atoms with Gasteiger partial charge in [-0.15, -0.1) is 24.0 Å². The maximum atomic E-state index is 11.9. The first-order valence-corrected chi connectivity index (χ1v) is 9.95. The highest BCUT2D eigenvalue weighted by Crippen LogP contribution is 2.39. The van der Waals surface area contributed by atoms with Gasteiger partial charge in [0.25, 0.3) is 0 Å². The molecule has 1 aliphatic carbocycles. The van der Waals surface area contributed by atoms with Crippen molar-refractivity contribution in [1.29, 1.82) is 0 Å². The summed E-state index contributed by atoms with van der Waals surface area (Å²) in [6.07, 6.45) is 4.32. The number of sulfone groups is 1. The standard InChI is InChI=1S/C16H23N3O4S.HI/c1-24(20,21)16(6-2-7-16)11-18-15(17)19-12-4-5-13-14(10-12)23-9-3-8-22-13;/h4-5,10H,2-3,6-9,11H2,1H3,(H3,17,18,19);1H. The van der Waals surface area contributed by atoms with Gasteiger partial charge in [-0.3, -0.25) is 4.99 Å². The highest BCUT2D eigenvalue weighted by atomic mass is 127. The van der Waals surface area contributed by atoms with Crippen molar-refractivity contribution < 1.29 is 17.9 Å². The van der Waals surface area contributed by atoms with Crippen molar-refractivity contribution in [3.05, 3.63) is 18.2 Å². The topological polar surface area (TPSA) is 103 Å². The third-order valence-corrected chi connectivity index (χ3v) is 6.72. The van der Waals surface area contributed by atoms with Crippen LogP contribution in [-0.4, -0.2) is 45.1 Å². The Bertz CT molecular complexity index is 748. The molecule has 1 fully saturated rings. The van der Waals surface area contributed by atoms with Crippen LogP contribution in [0.5, 0.6) is 11.5 Å². The first-order valence-electron chi connectivity index (χ1n) is 8.06. The maximum Gasteiger partial charge on any atom is 0.193 e. The molecule has 0 spiro atoms. The molecule has 0 unspecified atom stereocenters. The second-order valence-electron chi connectivity index (χ2n) is 6.35. The van der Waals surface area contributed by atoms with Gasteiger partial charge < -0.3 is 20.5 Å². The largest absolute Gasteiger partial charge is 0.490 e. The first kappa shape index (κ1) is 20.1. The fraction of sp³-hybridized carbons (Fsp3) is 0.562. The molecule has 1 aromatic carbocycles. The van der Waals surface area contributed by atoms with E-state index in [2.05, 4.69) is 10.3 Å². The van der Waals surface area contributed by atoms with Gasteiger partial charge >= 0.3 is 0 Å². The lowest BCUT2D eigenvalue weighted by atomic mass is 9.84. The van der Waals surface area contributed by atoms with Gasteiger partial charge in [-0.25, -0.2) is 8.42 Å². The predicted octanol–water partition coefficient (Wildman–Crippen LogP) is 2.16. The van der Waals surface area contributed by atoms with Crippen LogP contribution >= 0.6 is 24.0 Å². The fourth-order valence-electron chi connectivity index (χ4n) is 2.87. The number of anilines is 1. The van der Waals surface area contributed by atoms with Gasteiger partial charge in [0.05, 0.1) is 24.5 Å². The zero-order chi connectivity index (χ0) is 17.2. The van der Waals surface area contributed by atoms with Gasteiger partial charge in [0, 0.05) is 24.4 Å². The van der Waals surface area contributed by atoms with Crippen LogP contribution in [-0.2, 0) is 9.84 Å². The van der Waals surface area contributed by atoms with Crippen molar-refractivity contribution in [1.82, 2.24) is 0 Å². The number of nitrogens with two attached hydrogens (primary N) is 1. The Hall–Kier alpha value is -1.23. The van der Waals surface area contributed by atoms with Crippen LogP contribution < -0.4 is 20.5 Å². The van der Waals surface area contributed by atoms with E-state index in [0.717, 1.165) is 18.5 Å². The third kappa shape index (κ3) is 4.49. The molecule has 0 amide bonds. The van der Waals surface area contributed by atoms with Crippen molar-refractivity contribution in [3.63, 3.8) is 0 Å². The fourth-order valence-corrected chi connectivity index (χ4v) is 4.20. The molecular weight excluding hydrogens is 457 g/mol. The van der Waals surface area contributed by atoms with Gasteiger partial charge in [-0.05, 0) is 25.0 Å². The number of nitrogens with zero attached hydrogens (tertiary/aromatic N) is 1. The third-order valence-electron chi connectivity index (χ3n) is 4.61. The van der Waals surface area contributed by atoms with Crippen molar-refractivity contribution in [2.45, 2.75) is 30.4 Å². The molecule has 0 aromatic heterocycles. The summed E-state index contributed by atoms with van der Waals surface area (Å²) in [7, 11) is -3.14. The molecule has 2 aliphatic rings. The number of hydrogen-bond acceptors (Lipinski definition) is 5. The molecular formula is C16H24IN3O4S. The van der Waals surface area contributed by atoms with Crippen molar-refractivity contribution in [3.8, 4) is 11.5 Å². The van der Waals surface area contributed by atoms with Gasteiger partial charge in [0.15, 0.2) is 27.3 Å². The van der Waals surface area contributed by atoms with Gasteiger partial charge in [0.1, 0.15) is 0 Å². The summed E-state index contributed by atoms with van der Waals surface area (Å²) in [5.74, 6) is 1.57. The summed E-state index contributed by atoms with van der Waals surface area (Å²) in [6, 6.07) is 5.45. The molecule has 0 radical (unpaired) electrons. The van der Waals surface area contributed by atoms with E-state index in [-0.39, 0.29) is 36.5 Å². The van der Waals surface area contributed by atoms with E-state index in [9.17, 15) is 8.42 Å². The minimum atomic E-state index is -3.14. The lowest BCUT2D eigenvalue weighted by Gasteiger charge is -2.38. The van der Waals surface area contributed by atoms with Crippen LogP contribution in [0.15, 0.2) is 23.2 Å². The molecule has 25 heavy (non-hydrogen) atoms. The Labute approximate surface area is 165 Å². The van der Waals surface area contributed by atoms with Gasteiger partial charge in [0.2, 0.25) is 0 Å². The smallest absolute Gasteiger partial charge is 0.193 e. The van der Waals surface area contributed by atoms with Gasteiger partial charge in [-0.2, -0.15) is 0 Å². The molecule has 3 rings (SSSR count). The maximum absolute atomic E-state index is 11.9. The molecule has 1 heterocycles. The first-order chi connectivity index (χ1) is 11.4. The van der Waals surface area contributed by atoms with E-state index in [1.54, 1.807) is 6.07 Å². The molecule has 9 heteroatoms. The minimum absolute atomic E-state index is 0. The predicted molar refractivity (Wildman–Crippen MR) is 109 cm³/mol. The Morgan fingerprint density at radius 2 is 1.92 bits per heavy atom. The van der Waals surface area contributed by atoms with Crippen LogP contribution in [0, 0.1) is 0 Å². The Balaban J connectivity index is 0.00000225. The molecule has 0 atom stereocenters. The molecule has 1 aliphatic heterocycles. The average Bonchev–Trinajstić information content (AvgIpc) is 2.69. The average molecular weight is 481 g/mol. The summed E-state index contributed by atoms with van der Waals surface area (Å²) < 4.78 is 34.3. The molecule has 3 N–H and O–H groups in total. The number of nitrogens with one attached hydrogen (secondary N) is 1. The monoisotopic (exact) mass is 481 g/mol. The van der Waals surface area contributed by atoms with E-state index in [1.807, 2.05) is 12.1 Å². The van der Waals surface area contributed by atoms with Crippen molar-refractivity contribution in [2.24, 2.45) is 10.7 Å². The summed E-state index contributed by atoms with van der Waals surface area (Å²) >= 11 is 0. The second kappa shape index (κ2) is 7.98. The van der Waals surface area contributed by atoms with Crippen molar-refractivity contribution >= 4 is 45.5 Å². The Kier molecular flexibility index (Phi) is 6.41. The molecule has 1 saturated carbocycles. The molecule has 7 nitrogen and oxygen atoms in total. The zero-order valence-electron chi connectivity index (χ0n) is 14.2. The number of benzene rings is 1. The van der Waals surface area contributed by atoms with E-state index < -0.39 is 14.6 Å². The van der Waals surface area contributed by atoms with E-state index in [1.165, 1.54) is 6.26 Å². The van der Waals surface area contributed by atoms with E-state index >= 15 is 0 Å². The number of ether oxygens (including phenoxy) is 2. The zero-order valence-corrected chi connectivity index (χ0v) is 17.3. The SMILES string of the molecule is CS(=O)(=O)C1(CN=C(N)Nc2ccc3c(c2)OCCCO3)CCC1.I. The minimum Gasteiger partial charge on any atom is -0.490 e. The quantitative estimate of drug-likeness (QED) is 0.388. The van der Waals surface area contributed by atoms with E-state index in [0.29, 0.717) is 37.6 Å². The molecule has 0 saturated heterocycles. The summed E-state index contributed by atoms with van der Waals surface area (Å²) in [4.78, 5) is 4.24. The summed E-state index contributed by atoms with van der Waals surface area (Å²) in [5.41, 5.74) is 6.64. The lowest BCUT2D eigenvalue weighted by Crippen LogP contribution is -2.48. The molecule has 0 bridgehead atoms. The highest BCUT2D eigenvalue weighted by Gasteiger charge is 2.46. The number of aliphatic imine (C=N–C) groups is 1. The number of fused-ring (bicyclic) bond motifs is 1. The number of rotatable bonds is 4. The van der Waals surface area contributed by atoms with Crippen molar-refractivity contribution in [2.75, 3.05) is 31.3 Å². The number of hydrogen-bond donors (Lipinski definition) is 2. The van der Waals surface area contributed by atoms with Gasteiger partial charge in [-0.1, -0.05) is 6.42 Å². The van der Waals surface area contributed by atoms with Crippen LogP contribution in [0.3, 0.4) is 0 Å². The summed E-state index contributed by atoms with van der Waals surface area (Å²) in [5, 5.41) is 2.98. The number of guanidine groups is 1. The second-order valence-corrected chi connectivity index (χ2v) is 8.76. The Morgan fingerprint density at radius 3 is 2.52 bits per heavy atom. The number of halogens is 1. The van der Waals surface area contributed by atoms with Crippen LogP contribution in [0.4, 0.5) is 5.69 Å². The molecule has 1 aromatic rings. The van der Waals surface area contributed by atoms with Crippen LogP contribution in [0.25, 0.3) is 0 Å².